The zero-order valence-electron chi connectivity index (χ0n) is 21.6. The second-order valence-electron chi connectivity index (χ2n) is 10.4. The summed E-state index contributed by atoms with van der Waals surface area (Å²) in [7, 11) is 0. The van der Waals surface area contributed by atoms with Crippen molar-refractivity contribution in [1.82, 2.24) is 15.5 Å². The van der Waals surface area contributed by atoms with Crippen LogP contribution >= 0.6 is 0 Å². The number of nitrogens with one attached hydrogen (secondary N) is 2. The first-order valence-electron chi connectivity index (χ1n) is 12.0. The van der Waals surface area contributed by atoms with Gasteiger partial charge in [0.25, 0.3) is 0 Å². The van der Waals surface area contributed by atoms with E-state index < -0.39 is 77.9 Å². The van der Waals surface area contributed by atoms with E-state index in [1.807, 2.05) is 0 Å². The van der Waals surface area contributed by atoms with E-state index in [-0.39, 0.29) is 24.4 Å². The zero-order chi connectivity index (χ0) is 28.1. The molecule has 0 aromatic heterocycles. The summed E-state index contributed by atoms with van der Waals surface area (Å²) in [6.07, 6.45) is -1.03. The Hall–Kier alpha value is -3.31. The molecule has 12 heteroatoms. The van der Waals surface area contributed by atoms with E-state index in [0.29, 0.717) is 18.6 Å². The van der Waals surface area contributed by atoms with Gasteiger partial charge in [0.1, 0.15) is 23.5 Å². The number of nitrogens with zero attached hydrogens (tertiary/aromatic N) is 1. The molecule has 1 aromatic rings. The van der Waals surface area contributed by atoms with Crippen LogP contribution in [0.2, 0.25) is 0 Å². The van der Waals surface area contributed by atoms with Crippen LogP contribution in [-0.2, 0) is 25.5 Å². The average molecular weight is 530 g/mol. The van der Waals surface area contributed by atoms with Crippen LogP contribution in [0.4, 0.5) is 18.0 Å². The molecule has 0 aliphatic carbocycles. The summed E-state index contributed by atoms with van der Waals surface area (Å²) in [5, 5.41) is 14.3. The fourth-order valence-electron chi connectivity index (χ4n) is 4.10. The van der Waals surface area contributed by atoms with Crippen LogP contribution < -0.4 is 10.6 Å². The number of alkyl carbamates (subject to hydrolysis) is 1. The molecule has 1 aliphatic rings. The van der Waals surface area contributed by atoms with E-state index in [2.05, 4.69) is 10.6 Å². The highest BCUT2D eigenvalue weighted by Gasteiger charge is 2.39. The van der Waals surface area contributed by atoms with Gasteiger partial charge in [-0.15, -0.1) is 0 Å². The predicted octanol–water partition coefficient (Wildman–Crippen LogP) is 3.15. The maximum Gasteiger partial charge on any atom is 0.408 e. The first kappa shape index (κ1) is 29.9. The molecule has 1 aliphatic heterocycles. The Morgan fingerprint density at radius 1 is 1.08 bits per heavy atom. The number of hydrogen-bond acceptors (Lipinski definition) is 5. The first-order chi connectivity index (χ1) is 17.1. The minimum absolute atomic E-state index is 0.234. The second kappa shape index (κ2) is 12.3. The van der Waals surface area contributed by atoms with Gasteiger partial charge >= 0.3 is 12.1 Å². The van der Waals surface area contributed by atoms with Crippen LogP contribution in [0.25, 0.3) is 0 Å². The topological polar surface area (TPSA) is 125 Å². The van der Waals surface area contributed by atoms with Crippen molar-refractivity contribution in [2.45, 2.75) is 84.0 Å². The summed E-state index contributed by atoms with van der Waals surface area (Å²) in [5.41, 5.74) is -1.08. The minimum atomic E-state index is -1.39. The Labute approximate surface area is 213 Å². The number of rotatable bonds is 9. The molecular formula is C25H34F3N3O6. The summed E-state index contributed by atoms with van der Waals surface area (Å²) in [6, 6.07) is -2.12. The van der Waals surface area contributed by atoms with Gasteiger partial charge in [0.15, 0.2) is 11.6 Å². The Balaban J connectivity index is 2.18. The lowest BCUT2D eigenvalue weighted by molar-refractivity contribution is -0.142. The molecule has 3 N–H and O–H groups in total. The number of likely N-dealkylation sites (tertiary alicyclic amines) is 1. The summed E-state index contributed by atoms with van der Waals surface area (Å²) in [5.74, 6) is -6.56. The lowest BCUT2D eigenvalue weighted by Crippen LogP contribution is -2.56. The molecule has 1 heterocycles. The summed E-state index contributed by atoms with van der Waals surface area (Å²) in [4.78, 5) is 51.4. The minimum Gasteiger partial charge on any atom is -0.481 e. The molecule has 206 valence electrons. The first-order valence-corrected chi connectivity index (χ1v) is 12.0. The van der Waals surface area contributed by atoms with Gasteiger partial charge in [0.05, 0.1) is 6.42 Å². The molecular weight excluding hydrogens is 495 g/mol. The van der Waals surface area contributed by atoms with Crippen LogP contribution in [-0.4, -0.2) is 64.2 Å². The van der Waals surface area contributed by atoms with Gasteiger partial charge < -0.3 is 25.4 Å². The van der Waals surface area contributed by atoms with Crippen LogP contribution in [0, 0.1) is 23.4 Å². The number of carbonyl (C=O) groups is 4. The third-order valence-corrected chi connectivity index (χ3v) is 5.77. The van der Waals surface area contributed by atoms with Gasteiger partial charge in [-0.2, -0.15) is 0 Å². The highest BCUT2D eigenvalue weighted by Crippen LogP contribution is 2.22. The molecule has 3 atom stereocenters. The Morgan fingerprint density at radius 2 is 1.70 bits per heavy atom. The normalized spacial score (nSPS) is 17.3. The van der Waals surface area contributed by atoms with Crippen molar-refractivity contribution in [3.8, 4) is 0 Å². The molecule has 1 fully saturated rings. The van der Waals surface area contributed by atoms with E-state index in [9.17, 15) is 37.5 Å². The molecule has 1 aromatic carbocycles. The number of aliphatic carboxylic acids is 1. The molecule has 0 bridgehead atoms. The Kier molecular flexibility index (Phi) is 9.93. The van der Waals surface area contributed by atoms with Crippen molar-refractivity contribution in [3.05, 3.63) is 35.1 Å². The molecule has 37 heavy (non-hydrogen) atoms. The molecule has 1 saturated heterocycles. The maximum atomic E-state index is 14.1. The largest absolute Gasteiger partial charge is 0.481 e. The van der Waals surface area contributed by atoms with Crippen molar-refractivity contribution in [1.29, 1.82) is 0 Å². The SMILES string of the molecule is CC(C)C(NC(=O)OC(C)(C)C)C(=O)N1CCCC1C(=O)N[C@@H](CC(=O)O)Cc1cc(F)c(F)cc1F. The van der Waals surface area contributed by atoms with Crippen molar-refractivity contribution in [2.75, 3.05) is 6.54 Å². The van der Waals surface area contributed by atoms with Gasteiger partial charge in [0, 0.05) is 18.7 Å². The number of amides is 3. The smallest absolute Gasteiger partial charge is 0.408 e. The summed E-state index contributed by atoms with van der Waals surface area (Å²) >= 11 is 0. The monoisotopic (exact) mass is 529 g/mol. The van der Waals surface area contributed by atoms with Gasteiger partial charge in [-0.25, -0.2) is 18.0 Å². The zero-order valence-corrected chi connectivity index (χ0v) is 21.6. The Bertz CT molecular complexity index is 1030. The number of halogens is 3. The van der Waals surface area contributed by atoms with Crippen LogP contribution in [0.1, 0.15) is 59.4 Å². The lowest BCUT2D eigenvalue weighted by atomic mass is 10.0. The van der Waals surface area contributed by atoms with Gasteiger partial charge in [-0.05, 0) is 57.6 Å². The summed E-state index contributed by atoms with van der Waals surface area (Å²) < 4.78 is 46.3. The van der Waals surface area contributed by atoms with E-state index in [4.69, 9.17) is 4.74 Å². The summed E-state index contributed by atoms with van der Waals surface area (Å²) in [6.45, 7) is 8.73. The van der Waals surface area contributed by atoms with Gasteiger partial charge in [-0.3, -0.25) is 14.4 Å². The number of carbonyl (C=O) groups excluding carboxylic acids is 3. The van der Waals surface area contributed by atoms with E-state index in [0.717, 1.165) is 0 Å². The van der Waals surface area contributed by atoms with Crippen molar-refractivity contribution in [2.24, 2.45) is 5.92 Å². The van der Waals surface area contributed by atoms with E-state index in [1.54, 1.807) is 34.6 Å². The number of carboxylic acids is 1. The quantitative estimate of drug-likeness (QED) is 0.422. The second-order valence-corrected chi connectivity index (χ2v) is 10.4. The molecule has 0 saturated carbocycles. The lowest BCUT2D eigenvalue weighted by Gasteiger charge is -2.31. The molecule has 0 radical (unpaired) electrons. The fourth-order valence-corrected chi connectivity index (χ4v) is 4.10. The third-order valence-electron chi connectivity index (χ3n) is 5.77. The molecule has 0 spiro atoms. The third kappa shape index (κ3) is 8.64. The Morgan fingerprint density at radius 3 is 2.27 bits per heavy atom. The molecule has 3 amide bonds. The predicted molar refractivity (Wildman–Crippen MR) is 127 cm³/mol. The molecule has 9 nitrogen and oxygen atoms in total. The molecule has 2 rings (SSSR count). The standard InChI is InChI=1S/C25H34F3N3O6/c1-13(2)21(30-24(36)37-25(3,4)5)23(35)31-8-6-7-19(31)22(34)29-15(11-20(32)33)9-14-10-17(27)18(28)12-16(14)26/h10,12-13,15,19,21H,6-9,11H2,1-5H3,(H,29,34)(H,30,36)(H,32,33)/t15-,19?,21?/m1/s1. The van der Waals surface area contributed by atoms with E-state index in [1.165, 1.54) is 4.90 Å². The number of benzene rings is 1. The van der Waals surface area contributed by atoms with Crippen LogP contribution in [0.3, 0.4) is 0 Å². The van der Waals surface area contributed by atoms with Crippen LogP contribution in [0.15, 0.2) is 12.1 Å². The van der Waals surface area contributed by atoms with Crippen molar-refractivity contribution >= 4 is 23.9 Å². The highest BCUT2D eigenvalue weighted by atomic mass is 19.2. The number of carboxylic acid groups (broad SMARTS) is 1. The van der Waals surface area contributed by atoms with E-state index >= 15 is 0 Å². The number of hydrogen-bond donors (Lipinski definition) is 3. The van der Waals surface area contributed by atoms with Crippen molar-refractivity contribution in [3.63, 3.8) is 0 Å². The fraction of sp³-hybridized carbons (Fsp3) is 0.600. The van der Waals surface area contributed by atoms with Gasteiger partial charge in [0.2, 0.25) is 11.8 Å². The van der Waals surface area contributed by atoms with Gasteiger partial charge in [-0.1, -0.05) is 13.8 Å². The maximum absolute atomic E-state index is 14.1. The average Bonchev–Trinajstić information content (AvgIpc) is 3.23. The number of ether oxygens (including phenoxy) is 1. The van der Waals surface area contributed by atoms with Crippen molar-refractivity contribution < 1.29 is 42.2 Å². The van der Waals surface area contributed by atoms with Crippen LogP contribution in [0.5, 0.6) is 0 Å². The molecule has 2 unspecified atom stereocenters. The highest BCUT2D eigenvalue weighted by molar-refractivity contribution is 5.92.